The lowest BCUT2D eigenvalue weighted by atomic mass is 10.2. The molecule has 106 valence electrons. The van der Waals surface area contributed by atoms with Gasteiger partial charge in [-0.25, -0.2) is 14.2 Å². The number of nitrogens with one attached hydrogen (secondary N) is 1. The van der Waals surface area contributed by atoms with Crippen molar-refractivity contribution in [2.75, 3.05) is 25.5 Å². The number of rotatable bonds is 7. The Balaban J connectivity index is 2.61. The Hall–Kier alpha value is -1.69. The van der Waals surface area contributed by atoms with Gasteiger partial charge in [-0.3, -0.25) is 0 Å². The van der Waals surface area contributed by atoms with Gasteiger partial charge in [0.1, 0.15) is 17.2 Å². The number of likely N-dealkylation sites (N-methyl/N-ethyl adjacent to an activating group) is 1. The van der Waals surface area contributed by atoms with Crippen molar-refractivity contribution in [1.29, 1.82) is 0 Å². The van der Waals surface area contributed by atoms with Crippen LogP contribution in [0.1, 0.15) is 30.6 Å². The zero-order valence-electron chi connectivity index (χ0n) is 11.5. The van der Waals surface area contributed by atoms with Crippen LogP contribution in [0.4, 0.5) is 10.2 Å². The van der Waals surface area contributed by atoms with E-state index in [0.29, 0.717) is 12.6 Å². The van der Waals surface area contributed by atoms with Gasteiger partial charge in [0.05, 0.1) is 6.20 Å². The highest BCUT2D eigenvalue weighted by molar-refractivity contribution is 5.93. The number of pyridine rings is 1. The zero-order valence-corrected chi connectivity index (χ0v) is 11.5. The van der Waals surface area contributed by atoms with E-state index in [-0.39, 0.29) is 11.4 Å². The van der Waals surface area contributed by atoms with Crippen molar-refractivity contribution in [3.05, 3.63) is 23.6 Å². The molecule has 1 aromatic rings. The number of nitrogens with zero attached hydrogens (tertiary/aromatic N) is 2. The summed E-state index contributed by atoms with van der Waals surface area (Å²) in [6.07, 6.45) is 2.05. The van der Waals surface area contributed by atoms with Crippen LogP contribution in [0.2, 0.25) is 0 Å². The van der Waals surface area contributed by atoms with Gasteiger partial charge >= 0.3 is 5.97 Å². The molecule has 0 fully saturated rings. The van der Waals surface area contributed by atoms with Crippen molar-refractivity contribution in [1.82, 2.24) is 9.88 Å². The number of aromatic carboxylic acids is 1. The van der Waals surface area contributed by atoms with Crippen LogP contribution in [0, 0.1) is 5.82 Å². The summed E-state index contributed by atoms with van der Waals surface area (Å²) in [5.74, 6) is -1.64. The van der Waals surface area contributed by atoms with E-state index in [0.717, 1.165) is 25.2 Å². The van der Waals surface area contributed by atoms with Crippen LogP contribution >= 0.6 is 0 Å². The highest BCUT2D eigenvalue weighted by atomic mass is 19.1. The number of hydrogen-bond donors (Lipinski definition) is 2. The molecule has 0 bridgehead atoms. The lowest BCUT2D eigenvalue weighted by Crippen LogP contribution is -2.33. The third kappa shape index (κ3) is 4.48. The number of anilines is 1. The highest BCUT2D eigenvalue weighted by Gasteiger charge is 2.13. The maximum Gasteiger partial charge on any atom is 0.339 e. The zero-order chi connectivity index (χ0) is 14.4. The van der Waals surface area contributed by atoms with Gasteiger partial charge in [-0.2, -0.15) is 0 Å². The number of carbonyl (C=O) groups is 1. The predicted octanol–water partition coefficient (Wildman–Crippen LogP) is 2.06. The molecule has 2 N–H and O–H groups in total. The fourth-order valence-corrected chi connectivity index (χ4v) is 1.63. The van der Waals surface area contributed by atoms with Gasteiger partial charge in [0.15, 0.2) is 0 Å². The fourth-order valence-electron chi connectivity index (χ4n) is 1.63. The Bertz CT molecular complexity index is 440. The molecule has 0 saturated heterocycles. The lowest BCUT2D eigenvalue weighted by molar-refractivity contribution is 0.0697. The minimum absolute atomic E-state index is 0.147. The van der Waals surface area contributed by atoms with E-state index in [9.17, 15) is 9.18 Å². The maximum absolute atomic E-state index is 12.9. The molecule has 0 saturated carbocycles. The van der Waals surface area contributed by atoms with Gasteiger partial charge in [0.25, 0.3) is 0 Å². The molecule has 19 heavy (non-hydrogen) atoms. The van der Waals surface area contributed by atoms with Gasteiger partial charge in [-0.1, -0.05) is 6.92 Å². The van der Waals surface area contributed by atoms with Crippen molar-refractivity contribution >= 4 is 11.8 Å². The van der Waals surface area contributed by atoms with E-state index in [1.807, 2.05) is 7.05 Å². The van der Waals surface area contributed by atoms with Gasteiger partial charge in [0.2, 0.25) is 0 Å². The topological polar surface area (TPSA) is 65.5 Å². The van der Waals surface area contributed by atoms with Gasteiger partial charge < -0.3 is 15.3 Å². The Morgan fingerprint density at radius 1 is 1.63 bits per heavy atom. The molecule has 1 rings (SSSR count). The first-order valence-electron chi connectivity index (χ1n) is 6.28. The minimum Gasteiger partial charge on any atom is -0.478 e. The third-order valence-electron chi connectivity index (χ3n) is 3.18. The molecule has 0 aromatic carbocycles. The largest absolute Gasteiger partial charge is 0.478 e. The molecule has 1 heterocycles. The standard InChI is InChI=1S/C13H20FN3O2/c1-4-9(2)17(3)6-5-15-12-11(13(18)19)7-10(14)8-16-12/h7-9H,4-6H2,1-3H3,(H,15,16)(H,18,19). The number of aromatic nitrogens is 1. The normalized spacial score (nSPS) is 12.5. The average Bonchev–Trinajstić information content (AvgIpc) is 2.38. The number of carboxylic acids is 1. The van der Waals surface area contributed by atoms with Crippen LogP contribution in [0.15, 0.2) is 12.3 Å². The average molecular weight is 269 g/mol. The Labute approximate surface area is 112 Å². The van der Waals surface area contributed by atoms with Crippen LogP contribution in [0.5, 0.6) is 0 Å². The molecule has 0 amide bonds. The summed E-state index contributed by atoms with van der Waals surface area (Å²) in [6.45, 7) is 5.55. The smallest absolute Gasteiger partial charge is 0.339 e. The Morgan fingerprint density at radius 3 is 2.89 bits per heavy atom. The SMILES string of the molecule is CCC(C)N(C)CCNc1ncc(F)cc1C(=O)O. The molecule has 0 aliphatic heterocycles. The molecular weight excluding hydrogens is 249 g/mol. The number of halogens is 1. The van der Waals surface area contributed by atoms with Crippen LogP contribution < -0.4 is 5.32 Å². The molecule has 5 nitrogen and oxygen atoms in total. The Morgan fingerprint density at radius 2 is 2.32 bits per heavy atom. The van der Waals surface area contributed by atoms with Gasteiger partial charge in [-0.05, 0) is 26.5 Å². The van der Waals surface area contributed by atoms with Gasteiger partial charge in [-0.15, -0.1) is 0 Å². The summed E-state index contributed by atoms with van der Waals surface area (Å²) in [6, 6.07) is 1.43. The summed E-state index contributed by atoms with van der Waals surface area (Å²) < 4.78 is 12.9. The minimum atomic E-state index is -1.19. The van der Waals surface area contributed by atoms with Crippen molar-refractivity contribution < 1.29 is 14.3 Å². The number of hydrogen-bond acceptors (Lipinski definition) is 4. The molecule has 0 aliphatic rings. The summed E-state index contributed by atoms with van der Waals surface area (Å²) >= 11 is 0. The predicted molar refractivity (Wildman–Crippen MR) is 72.0 cm³/mol. The van der Waals surface area contributed by atoms with E-state index in [1.54, 1.807) is 0 Å². The molecule has 0 spiro atoms. The summed E-state index contributed by atoms with van der Waals surface area (Å²) in [5.41, 5.74) is -0.147. The highest BCUT2D eigenvalue weighted by Crippen LogP contribution is 2.13. The second kappa shape index (κ2) is 7.04. The van der Waals surface area contributed by atoms with Crippen molar-refractivity contribution in [2.45, 2.75) is 26.3 Å². The number of carboxylic acid groups (broad SMARTS) is 1. The van der Waals surface area contributed by atoms with Crippen LogP contribution in [0.25, 0.3) is 0 Å². The molecule has 6 heteroatoms. The van der Waals surface area contributed by atoms with E-state index in [1.165, 1.54) is 0 Å². The summed E-state index contributed by atoms with van der Waals surface area (Å²) in [4.78, 5) is 16.9. The van der Waals surface area contributed by atoms with E-state index < -0.39 is 11.8 Å². The van der Waals surface area contributed by atoms with E-state index in [2.05, 4.69) is 29.0 Å². The van der Waals surface area contributed by atoms with Gasteiger partial charge in [0, 0.05) is 19.1 Å². The summed E-state index contributed by atoms with van der Waals surface area (Å²) in [7, 11) is 2.01. The summed E-state index contributed by atoms with van der Waals surface area (Å²) in [5, 5.41) is 11.9. The molecule has 0 aliphatic carbocycles. The quantitative estimate of drug-likeness (QED) is 0.793. The second-order valence-electron chi connectivity index (χ2n) is 4.52. The van der Waals surface area contributed by atoms with Crippen molar-refractivity contribution in [3.63, 3.8) is 0 Å². The first-order valence-corrected chi connectivity index (χ1v) is 6.28. The molecule has 1 unspecified atom stereocenters. The maximum atomic E-state index is 12.9. The molecule has 1 atom stereocenters. The fraction of sp³-hybridized carbons (Fsp3) is 0.538. The van der Waals surface area contributed by atoms with Crippen LogP contribution in [-0.2, 0) is 0 Å². The van der Waals surface area contributed by atoms with Crippen molar-refractivity contribution in [3.8, 4) is 0 Å². The van der Waals surface area contributed by atoms with Crippen LogP contribution in [0.3, 0.4) is 0 Å². The molecule has 1 aromatic heterocycles. The molecular formula is C13H20FN3O2. The van der Waals surface area contributed by atoms with Crippen LogP contribution in [-0.4, -0.2) is 47.1 Å². The van der Waals surface area contributed by atoms with E-state index >= 15 is 0 Å². The first kappa shape index (κ1) is 15.4. The monoisotopic (exact) mass is 269 g/mol. The van der Waals surface area contributed by atoms with Crippen molar-refractivity contribution in [2.24, 2.45) is 0 Å². The second-order valence-corrected chi connectivity index (χ2v) is 4.52. The Kier molecular flexibility index (Phi) is 5.69. The third-order valence-corrected chi connectivity index (χ3v) is 3.18. The molecule has 0 radical (unpaired) electrons. The first-order chi connectivity index (χ1) is 8.95. The lowest BCUT2D eigenvalue weighted by Gasteiger charge is -2.23. The van der Waals surface area contributed by atoms with E-state index in [4.69, 9.17) is 5.11 Å².